The second-order valence-corrected chi connectivity index (χ2v) is 5.39. The van der Waals surface area contributed by atoms with Gasteiger partial charge in [0, 0.05) is 0 Å². The molecule has 0 atom stereocenters. The van der Waals surface area contributed by atoms with Gasteiger partial charge in [0.1, 0.15) is 0 Å². The minimum atomic E-state index is 1.26. The van der Waals surface area contributed by atoms with Gasteiger partial charge in [0.15, 0.2) is 0 Å². The van der Waals surface area contributed by atoms with Crippen LogP contribution in [0.2, 0.25) is 0 Å². The quantitative estimate of drug-likeness (QED) is 0.533. The Bertz CT molecular complexity index is 161. The van der Waals surface area contributed by atoms with E-state index in [2.05, 4.69) is 22.0 Å². The van der Waals surface area contributed by atoms with Gasteiger partial charge in [0.05, 0.1) is 0 Å². The molecule has 1 rings (SSSR count). The maximum absolute atomic E-state index is 3.66. The van der Waals surface area contributed by atoms with Crippen LogP contribution in [-0.2, 0) is 0 Å². The molecule has 0 amide bonds. The summed E-state index contributed by atoms with van der Waals surface area (Å²) in [5.74, 6) is 0. The average molecular weight is 259 g/mol. The highest BCUT2D eigenvalue weighted by atomic mass is 79.9. The van der Waals surface area contributed by atoms with Gasteiger partial charge < -0.3 is 0 Å². The summed E-state index contributed by atoms with van der Waals surface area (Å²) in [5.41, 5.74) is 0. The van der Waals surface area contributed by atoms with Crippen molar-refractivity contribution in [2.24, 2.45) is 0 Å². The van der Waals surface area contributed by atoms with Gasteiger partial charge in [-0.25, -0.2) is 0 Å². The smallest absolute Gasteiger partial charge is 0.00892 e. The topological polar surface area (TPSA) is 0 Å². The van der Waals surface area contributed by atoms with Crippen LogP contribution in [0.1, 0.15) is 70.6 Å². The van der Waals surface area contributed by atoms with E-state index in [1.54, 1.807) is 0 Å². The summed E-state index contributed by atoms with van der Waals surface area (Å²) >= 11 is 3.66. The molecule has 0 heterocycles. The van der Waals surface area contributed by atoms with Gasteiger partial charge in [-0.15, -0.1) is 0 Å². The molecule has 0 aromatic carbocycles. The van der Waals surface area contributed by atoms with E-state index in [0.29, 0.717) is 0 Å². The number of rotatable bonds is 0. The van der Waals surface area contributed by atoms with E-state index >= 15 is 0 Å². The lowest BCUT2D eigenvalue weighted by Crippen LogP contribution is -1.80. The summed E-state index contributed by atoms with van der Waals surface area (Å²) in [5, 5.41) is 0. The molecule has 0 fully saturated rings. The minimum Gasteiger partial charge on any atom is -0.0744 e. The summed E-state index contributed by atoms with van der Waals surface area (Å²) in [6.07, 6.45) is 17.8. The zero-order valence-electron chi connectivity index (χ0n) is 9.23. The number of allylic oxidation sites excluding steroid dienone is 2. The van der Waals surface area contributed by atoms with E-state index in [9.17, 15) is 0 Å². The Kier molecular flexibility index (Phi) is 7.48. The molecule has 0 nitrogen and oxygen atoms in total. The molecule has 0 unspecified atom stereocenters. The minimum absolute atomic E-state index is 1.26. The van der Waals surface area contributed by atoms with Crippen molar-refractivity contribution in [2.75, 3.05) is 0 Å². The highest BCUT2D eigenvalue weighted by molar-refractivity contribution is 9.11. The van der Waals surface area contributed by atoms with Crippen LogP contribution >= 0.6 is 15.9 Å². The molecule has 14 heavy (non-hydrogen) atoms. The van der Waals surface area contributed by atoms with Crippen molar-refractivity contribution >= 4 is 15.9 Å². The Morgan fingerprint density at radius 1 is 0.714 bits per heavy atom. The van der Waals surface area contributed by atoms with Crippen molar-refractivity contribution in [1.29, 1.82) is 0 Å². The zero-order chi connectivity index (χ0) is 10.1. The third-order valence-corrected chi connectivity index (χ3v) is 3.71. The van der Waals surface area contributed by atoms with E-state index in [-0.39, 0.29) is 0 Å². The van der Waals surface area contributed by atoms with E-state index < -0.39 is 0 Å². The first-order valence-corrected chi connectivity index (χ1v) is 7.03. The molecule has 82 valence electrons. The molecule has 0 saturated heterocycles. The second kappa shape index (κ2) is 8.52. The maximum Gasteiger partial charge on any atom is -0.00892 e. The van der Waals surface area contributed by atoms with Crippen molar-refractivity contribution in [3.63, 3.8) is 0 Å². The highest BCUT2D eigenvalue weighted by Gasteiger charge is 1.97. The first-order valence-electron chi connectivity index (χ1n) is 6.24. The fourth-order valence-corrected chi connectivity index (χ4v) is 2.55. The monoisotopic (exact) mass is 258 g/mol. The lowest BCUT2D eigenvalue weighted by Gasteiger charge is -2.00. The second-order valence-electron chi connectivity index (χ2n) is 4.37. The standard InChI is InChI=1S/C13H23Br/c14-13-11-9-7-5-3-1-2-4-6-8-10-12-13/h11H,1-10,12H2/b13-11-. The Hall–Kier alpha value is 0.220. The molecular weight excluding hydrogens is 236 g/mol. The third-order valence-electron chi connectivity index (χ3n) is 2.99. The number of halogens is 1. The maximum atomic E-state index is 3.66. The lowest BCUT2D eigenvalue weighted by atomic mass is 10.1. The molecule has 0 aromatic rings. The predicted octanol–water partition coefficient (Wildman–Crippen LogP) is 5.57. The molecule has 0 radical (unpaired) electrons. The SMILES string of the molecule is Br/C1=C\CCCCCCCCCCC1. The summed E-state index contributed by atoms with van der Waals surface area (Å²) in [4.78, 5) is 0. The molecule has 0 saturated carbocycles. The summed E-state index contributed by atoms with van der Waals surface area (Å²) in [6, 6.07) is 0. The van der Waals surface area contributed by atoms with Crippen LogP contribution < -0.4 is 0 Å². The normalized spacial score (nSPS) is 26.5. The fraction of sp³-hybridized carbons (Fsp3) is 0.846. The van der Waals surface area contributed by atoms with Crippen molar-refractivity contribution in [3.8, 4) is 0 Å². The molecule has 0 bridgehead atoms. The summed E-state index contributed by atoms with van der Waals surface area (Å²) in [6.45, 7) is 0. The molecule has 1 aliphatic rings. The molecule has 1 aliphatic carbocycles. The fourth-order valence-electron chi connectivity index (χ4n) is 2.04. The van der Waals surface area contributed by atoms with Crippen LogP contribution in [0.3, 0.4) is 0 Å². The Balaban J connectivity index is 2.21. The molecule has 0 spiro atoms. The van der Waals surface area contributed by atoms with Crippen molar-refractivity contribution in [3.05, 3.63) is 10.6 Å². The average Bonchev–Trinajstić information content (AvgIpc) is 2.20. The van der Waals surface area contributed by atoms with Gasteiger partial charge in [-0.3, -0.25) is 0 Å². The Labute approximate surface area is 97.3 Å². The molecule has 0 N–H and O–H groups in total. The zero-order valence-corrected chi connectivity index (χ0v) is 10.8. The third kappa shape index (κ3) is 6.64. The van der Waals surface area contributed by atoms with Crippen molar-refractivity contribution < 1.29 is 0 Å². The van der Waals surface area contributed by atoms with Gasteiger partial charge >= 0.3 is 0 Å². The predicted molar refractivity (Wildman–Crippen MR) is 67.8 cm³/mol. The summed E-state index contributed by atoms with van der Waals surface area (Å²) in [7, 11) is 0. The van der Waals surface area contributed by atoms with Crippen LogP contribution in [0, 0.1) is 0 Å². The van der Waals surface area contributed by atoms with Gasteiger partial charge in [-0.2, -0.15) is 0 Å². The summed E-state index contributed by atoms with van der Waals surface area (Å²) < 4.78 is 1.44. The van der Waals surface area contributed by atoms with Crippen LogP contribution in [-0.4, -0.2) is 0 Å². The van der Waals surface area contributed by atoms with E-state index in [4.69, 9.17) is 0 Å². The number of hydrogen-bond donors (Lipinski definition) is 0. The van der Waals surface area contributed by atoms with Crippen LogP contribution in [0.15, 0.2) is 10.6 Å². The van der Waals surface area contributed by atoms with Crippen LogP contribution in [0.25, 0.3) is 0 Å². The van der Waals surface area contributed by atoms with Crippen molar-refractivity contribution in [1.82, 2.24) is 0 Å². The first kappa shape index (κ1) is 12.3. The van der Waals surface area contributed by atoms with Gasteiger partial charge in [0.25, 0.3) is 0 Å². The molecule has 1 heteroatoms. The molecule has 0 aliphatic heterocycles. The van der Waals surface area contributed by atoms with E-state index in [0.717, 1.165) is 0 Å². The lowest BCUT2D eigenvalue weighted by molar-refractivity contribution is 0.564. The molecule has 0 aromatic heterocycles. The van der Waals surface area contributed by atoms with Crippen molar-refractivity contribution in [2.45, 2.75) is 70.6 Å². The van der Waals surface area contributed by atoms with Crippen LogP contribution in [0.5, 0.6) is 0 Å². The van der Waals surface area contributed by atoms with Crippen LogP contribution in [0.4, 0.5) is 0 Å². The Morgan fingerprint density at radius 3 is 1.86 bits per heavy atom. The first-order chi connectivity index (χ1) is 6.89. The molecular formula is C13H23Br. The van der Waals surface area contributed by atoms with E-state index in [1.807, 2.05) is 0 Å². The highest BCUT2D eigenvalue weighted by Crippen LogP contribution is 2.19. The van der Waals surface area contributed by atoms with Gasteiger partial charge in [-0.05, 0) is 30.2 Å². The van der Waals surface area contributed by atoms with E-state index in [1.165, 1.54) is 75.1 Å². The van der Waals surface area contributed by atoms with Gasteiger partial charge in [-0.1, -0.05) is 67.0 Å². The number of hydrogen-bond acceptors (Lipinski definition) is 0. The Morgan fingerprint density at radius 2 is 1.21 bits per heavy atom. The van der Waals surface area contributed by atoms with Gasteiger partial charge in [0.2, 0.25) is 0 Å². The largest absolute Gasteiger partial charge is 0.0744 e.